The number of hydrogen-bond donors (Lipinski definition) is 0. The highest BCUT2D eigenvalue weighted by Crippen LogP contribution is 2.30. The van der Waals surface area contributed by atoms with E-state index in [0.717, 1.165) is 11.1 Å². The third-order valence-electron chi connectivity index (χ3n) is 4.73. The van der Waals surface area contributed by atoms with E-state index in [1.165, 1.54) is 12.1 Å². The number of aryl methyl sites for hydroxylation is 1. The van der Waals surface area contributed by atoms with E-state index in [-0.39, 0.29) is 16.5 Å². The van der Waals surface area contributed by atoms with Gasteiger partial charge in [0.05, 0.1) is 10.6 Å². The van der Waals surface area contributed by atoms with Crippen LogP contribution in [0.5, 0.6) is 0 Å². The van der Waals surface area contributed by atoms with E-state index < -0.39 is 9.84 Å². The molecule has 0 amide bonds. The summed E-state index contributed by atoms with van der Waals surface area (Å²) in [6, 6.07) is 14.9. The summed E-state index contributed by atoms with van der Waals surface area (Å²) in [6.45, 7) is 1.62. The maximum atomic E-state index is 13.2. The fourth-order valence-electron chi connectivity index (χ4n) is 3.20. The van der Waals surface area contributed by atoms with E-state index in [4.69, 9.17) is 0 Å². The molecule has 0 aliphatic carbocycles. The molecule has 0 atom stereocenters. The second kappa shape index (κ2) is 6.83. The summed E-state index contributed by atoms with van der Waals surface area (Å²) in [5.74, 6) is 0.249. The fourth-order valence-corrected chi connectivity index (χ4v) is 4.29. The number of nitrogens with zero attached hydrogens (tertiary/aromatic N) is 3. The van der Waals surface area contributed by atoms with Crippen LogP contribution in [0.3, 0.4) is 0 Å². The zero-order valence-electron chi connectivity index (χ0n) is 15.4. The van der Waals surface area contributed by atoms with Gasteiger partial charge in [0.25, 0.3) is 0 Å². The minimum Gasteiger partial charge on any atom is -0.312 e. The lowest BCUT2D eigenvalue weighted by Crippen LogP contribution is -2.07. The molecule has 0 aliphatic heterocycles. The molecule has 2 aromatic carbocycles. The summed E-state index contributed by atoms with van der Waals surface area (Å²) in [6.07, 6.45) is 1.70. The first-order valence-corrected chi connectivity index (χ1v) is 10.5. The van der Waals surface area contributed by atoms with Gasteiger partial charge in [0.15, 0.2) is 15.5 Å². The van der Waals surface area contributed by atoms with Gasteiger partial charge >= 0.3 is 0 Å². The monoisotopic (exact) mass is 395 g/mol. The van der Waals surface area contributed by atoms with Crippen LogP contribution in [0.25, 0.3) is 33.7 Å². The summed E-state index contributed by atoms with van der Waals surface area (Å²) in [7, 11) is -1.59. The van der Waals surface area contributed by atoms with Crippen molar-refractivity contribution in [1.29, 1.82) is 0 Å². The standard InChI is InChI=1S/C21H18FN3O2S/c1-3-28(26,27)19-7-5-4-6-17(19)20-24-18-12-15(13-23-21(18)25(20)2)14-8-10-16(22)11-9-14/h4-13H,3H2,1-2H3. The predicted molar refractivity (Wildman–Crippen MR) is 107 cm³/mol. The molecule has 0 aliphatic rings. The molecule has 2 aromatic heterocycles. The number of aromatic nitrogens is 3. The molecule has 0 radical (unpaired) electrons. The Morgan fingerprint density at radius 3 is 2.46 bits per heavy atom. The van der Waals surface area contributed by atoms with Crippen LogP contribution in [0.15, 0.2) is 65.7 Å². The summed E-state index contributed by atoms with van der Waals surface area (Å²) in [5, 5.41) is 0. The molecule has 2 heterocycles. The number of pyridine rings is 1. The molecule has 142 valence electrons. The van der Waals surface area contributed by atoms with Crippen molar-refractivity contribution < 1.29 is 12.8 Å². The normalized spacial score (nSPS) is 11.8. The number of imidazole rings is 1. The number of halogens is 1. The average Bonchev–Trinajstić information content (AvgIpc) is 3.04. The van der Waals surface area contributed by atoms with Crippen LogP contribution in [0.1, 0.15) is 6.92 Å². The van der Waals surface area contributed by atoms with E-state index in [0.29, 0.717) is 22.6 Å². The highest BCUT2D eigenvalue weighted by atomic mass is 32.2. The predicted octanol–water partition coefficient (Wildman–Crippen LogP) is 4.24. The summed E-state index contributed by atoms with van der Waals surface area (Å²) in [4.78, 5) is 9.41. The van der Waals surface area contributed by atoms with Crippen molar-refractivity contribution in [3.05, 3.63) is 66.6 Å². The Labute approximate surface area is 162 Å². The van der Waals surface area contributed by atoms with E-state index in [2.05, 4.69) is 9.97 Å². The van der Waals surface area contributed by atoms with Crippen molar-refractivity contribution in [3.8, 4) is 22.5 Å². The number of fused-ring (bicyclic) bond motifs is 1. The van der Waals surface area contributed by atoms with E-state index >= 15 is 0 Å². The number of hydrogen-bond acceptors (Lipinski definition) is 4. The number of benzene rings is 2. The molecule has 4 aromatic rings. The Bertz CT molecular complexity index is 1280. The fraction of sp³-hybridized carbons (Fsp3) is 0.143. The smallest absolute Gasteiger partial charge is 0.178 e. The van der Waals surface area contributed by atoms with Crippen molar-refractivity contribution in [2.75, 3.05) is 5.75 Å². The van der Waals surface area contributed by atoms with Crippen molar-refractivity contribution >= 4 is 21.0 Å². The molecule has 0 saturated carbocycles. The zero-order chi connectivity index (χ0) is 19.9. The van der Waals surface area contributed by atoms with E-state index in [1.807, 2.05) is 13.1 Å². The van der Waals surface area contributed by atoms with Gasteiger partial charge in [0, 0.05) is 24.4 Å². The van der Waals surface area contributed by atoms with Gasteiger partial charge in [-0.25, -0.2) is 22.8 Å². The lowest BCUT2D eigenvalue weighted by molar-refractivity contribution is 0.597. The summed E-state index contributed by atoms with van der Waals surface area (Å²) in [5.41, 5.74) is 3.48. The Balaban J connectivity index is 1.89. The highest BCUT2D eigenvalue weighted by molar-refractivity contribution is 7.91. The molecule has 0 unspecified atom stereocenters. The van der Waals surface area contributed by atoms with Crippen LogP contribution in [0.4, 0.5) is 4.39 Å². The van der Waals surface area contributed by atoms with Gasteiger partial charge < -0.3 is 4.57 Å². The van der Waals surface area contributed by atoms with Gasteiger partial charge in [0.2, 0.25) is 0 Å². The van der Waals surface area contributed by atoms with Crippen LogP contribution in [-0.4, -0.2) is 28.7 Å². The molecular formula is C21H18FN3O2S. The van der Waals surface area contributed by atoms with Gasteiger partial charge in [-0.05, 0) is 35.9 Å². The van der Waals surface area contributed by atoms with Gasteiger partial charge in [-0.3, -0.25) is 0 Å². The van der Waals surface area contributed by atoms with Crippen molar-refractivity contribution in [2.45, 2.75) is 11.8 Å². The molecule has 0 bridgehead atoms. The Morgan fingerprint density at radius 2 is 1.75 bits per heavy atom. The summed E-state index contributed by atoms with van der Waals surface area (Å²) < 4.78 is 40.0. The lowest BCUT2D eigenvalue weighted by atomic mass is 10.1. The first-order valence-electron chi connectivity index (χ1n) is 8.81. The van der Waals surface area contributed by atoms with Crippen LogP contribution < -0.4 is 0 Å². The van der Waals surface area contributed by atoms with Gasteiger partial charge in [-0.2, -0.15) is 0 Å². The molecular weight excluding hydrogens is 377 g/mol. The van der Waals surface area contributed by atoms with Crippen LogP contribution >= 0.6 is 0 Å². The second-order valence-electron chi connectivity index (χ2n) is 6.47. The minimum absolute atomic E-state index is 0.0148. The maximum absolute atomic E-state index is 13.2. The molecule has 0 saturated heterocycles. The lowest BCUT2D eigenvalue weighted by Gasteiger charge is -2.09. The third-order valence-corrected chi connectivity index (χ3v) is 6.52. The average molecular weight is 395 g/mol. The van der Waals surface area contributed by atoms with Crippen molar-refractivity contribution in [3.63, 3.8) is 0 Å². The van der Waals surface area contributed by atoms with E-state index in [9.17, 15) is 12.8 Å². The summed E-state index contributed by atoms with van der Waals surface area (Å²) >= 11 is 0. The van der Waals surface area contributed by atoms with Gasteiger partial charge in [0.1, 0.15) is 17.2 Å². The minimum atomic E-state index is -3.40. The number of sulfone groups is 1. The molecule has 5 nitrogen and oxygen atoms in total. The molecule has 4 rings (SSSR count). The molecule has 0 spiro atoms. The molecule has 28 heavy (non-hydrogen) atoms. The van der Waals surface area contributed by atoms with Crippen LogP contribution in [0, 0.1) is 5.82 Å². The second-order valence-corrected chi connectivity index (χ2v) is 8.71. The van der Waals surface area contributed by atoms with E-state index in [1.54, 1.807) is 54.1 Å². The molecule has 0 N–H and O–H groups in total. The highest BCUT2D eigenvalue weighted by Gasteiger charge is 2.21. The quantitative estimate of drug-likeness (QED) is 0.519. The third kappa shape index (κ3) is 3.07. The molecule has 7 heteroatoms. The Hall–Kier alpha value is -3.06. The Morgan fingerprint density at radius 1 is 1.04 bits per heavy atom. The van der Waals surface area contributed by atoms with Crippen LogP contribution in [-0.2, 0) is 16.9 Å². The largest absolute Gasteiger partial charge is 0.312 e. The van der Waals surface area contributed by atoms with Crippen molar-refractivity contribution in [1.82, 2.24) is 14.5 Å². The van der Waals surface area contributed by atoms with Crippen molar-refractivity contribution in [2.24, 2.45) is 7.05 Å². The maximum Gasteiger partial charge on any atom is 0.178 e. The van der Waals surface area contributed by atoms with Crippen LogP contribution in [0.2, 0.25) is 0 Å². The topological polar surface area (TPSA) is 64.8 Å². The molecule has 0 fully saturated rings. The first kappa shape index (κ1) is 18.3. The Kier molecular flexibility index (Phi) is 4.47. The first-order chi connectivity index (χ1) is 13.4. The zero-order valence-corrected chi connectivity index (χ0v) is 16.2. The van der Waals surface area contributed by atoms with Gasteiger partial charge in [-0.1, -0.05) is 31.2 Å². The van der Waals surface area contributed by atoms with Gasteiger partial charge in [-0.15, -0.1) is 0 Å². The number of rotatable bonds is 4. The SMILES string of the molecule is CCS(=O)(=O)c1ccccc1-c1nc2cc(-c3ccc(F)cc3)cnc2n1C.